The summed E-state index contributed by atoms with van der Waals surface area (Å²) in [7, 11) is 1.59. The second kappa shape index (κ2) is 9.62. The molecule has 1 aliphatic rings. The number of methoxy groups -OCH3 is 1. The van der Waals surface area contributed by atoms with Crippen molar-refractivity contribution in [3.8, 4) is 5.75 Å². The molecular weight excluding hydrogens is 474 g/mol. The van der Waals surface area contributed by atoms with E-state index in [-0.39, 0.29) is 23.6 Å². The van der Waals surface area contributed by atoms with Gasteiger partial charge in [-0.1, -0.05) is 30.3 Å². The van der Waals surface area contributed by atoms with Crippen molar-refractivity contribution < 1.29 is 24.4 Å². The number of Topliss-reactive ketones (excluding diaryl/α,β-unsaturated/α-hetero) is 1. The Morgan fingerprint density at radius 2 is 1.81 bits per heavy atom. The van der Waals surface area contributed by atoms with E-state index >= 15 is 0 Å². The molecule has 9 nitrogen and oxygen atoms in total. The fourth-order valence-corrected chi connectivity index (χ4v) is 4.72. The number of hydrogen-bond donors (Lipinski definition) is 2. The first-order valence-corrected chi connectivity index (χ1v) is 11.6. The fraction of sp³-hybridized carbons (Fsp3) is 0.143. The van der Waals surface area contributed by atoms with E-state index in [9.17, 15) is 24.8 Å². The highest BCUT2D eigenvalue weighted by atomic mass is 16.6. The maximum absolute atomic E-state index is 13.2. The molecule has 1 saturated heterocycles. The number of aliphatic hydroxyl groups excluding tert-OH is 1. The van der Waals surface area contributed by atoms with Gasteiger partial charge in [-0.2, -0.15) is 0 Å². The van der Waals surface area contributed by atoms with E-state index in [1.54, 1.807) is 37.4 Å². The van der Waals surface area contributed by atoms with Gasteiger partial charge in [-0.05, 0) is 47.9 Å². The lowest BCUT2D eigenvalue weighted by atomic mass is 9.95. The van der Waals surface area contributed by atoms with Crippen LogP contribution in [0.25, 0.3) is 16.7 Å². The Bertz CT molecular complexity index is 1540. The molecule has 186 valence electrons. The van der Waals surface area contributed by atoms with Crippen LogP contribution in [-0.2, 0) is 16.0 Å². The van der Waals surface area contributed by atoms with Crippen molar-refractivity contribution in [2.24, 2.45) is 0 Å². The average Bonchev–Trinajstić information content (AvgIpc) is 3.44. The van der Waals surface area contributed by atoms with Crippen LogP contribution in [0.5, 0.6) is 5.75 Å². The van der Waals surface area contributed by atoms with E-state index in [1.807, 2.05) is 24.4 Å². The third kappa shape index (κ3) is 4.31. The number of ketones is 1. The Morgan fingerprint density at radius 1 is 1.08 bits per heavy atom. The summed E-state index contributed by atoms with van der Waals surface area (Å²) in [6.07, 6.45) is 2.28. The number of amides is 1. The summed E-state index contributed by atoms with van der Waals surface area (Å²) < 4.78 is 5.33. The van der Waals surface area contributed by atoms with Gasteiger partial charge in [-0.25, -0.2) is 0 Å². The first kappa shape index (κ1) is 23.8. The lowest BCUT2D eigenvalue weighted by Gasteiger charge is -2.25. The minimum Gasteiger partial charge on any atom is -0.507 e. The number of nitrogens with zero attached hydrogens (tertiary/aromatic N) is 2. The second-order valence-corrected chi connectivity index (χ2v) is 8.68. The Balaban J connectivity index is 1.55. The van der Waals surface area contributed by atoms with Crippen LogP contribution in [0.15, 0.2) is 84.6 Å². The summed E-state index contributed by atoms with van der Waals surface area (Å²) in [4.78, 5) is 41.7. The largest absolute Gasteiger partial charge is 0.507 e. The molecule has 0 radical (unpaired) electrons. The highest BCUT2D eigenvalue weighted by Gasteiger charge is 2.46. The molecule has 1 atom stereocenters. The number of ether oxygens (including phenoxy) is 1. The summed E-state index contributed by atoms with van der Waals surface area (Å²) in [6.45, 7) is 0.183. The first-order chi connectivity index (χ1) is 17.9. The molecule has 0 bridgehead atoms. The minimum atomic E-state index is -0.902. The predicted molar refractivity (Wildman–Crippen MR) is 137 cm³/mol. The molecule has 0 saturated carbocycles. The predicted octanol–water partition coefficient (Wildman–Crippen LogP) is 4.75. The van der Waals surface area contributed by atoms with E-state index in [4.69, 9.17) is 4.74 Å². The number of nitro groups is 1. The van der Waals surface area contributed by atoms with E-state index in [0.717, 1.165) is 16.5 Å². The van der Waals surface area contributed by atoms with Crippen LogP contribution in [0.1, 0.15) is 22.7 Å². The maximum atomic E-state index is 13.2. The van der Waals surface area contributed by atoms with Crippen LogP contribution in [-0.4, -0.2) is 45.3 Å². The van der Waals surface area contributed by atoms with Crippen LogP contribution in [0.3, 0.4) is 0 Å². The van der Waals surface area contributed by atoms with Crippen molar-refractivity contribution in [1.82, 2.24) is 9.88 Å². The molecule has 1 aliphatic heterocycles. The number of nitro benzene ring substituents is 1. The molecule has 2 N–H and O–H groups in total. The normalized spacial score (nSPS) is 16.9. The Morgan fingerprint density at radius 3 is 2.49 bits per heavy atom. The summed E-state index contributed by atoms with van der Waals surface area (Å²) in [5.41, 5.74) is 2.57. The van der Waals surface area contributed by atoms with Crippen molar-refractivity contribution in [3.63, 3.8) is 0 Å². The third-order valence-corrected chi connectivity index (χ3v) is 6.60. The van der Waals surface area contributed by atoms with Gasteiger partial charge in [-0.15, -0.1) is 0 Å². The van der Waals surface area contributed by atoms with Crippen molar-refractivity contribution in [2.75, 3.05) is 13.7 Å². The monoisotopic (exact) mass is 497 g/mol. The number of H-pyrrole nitrogens is 1. The molecule has 1 fully saturated rings. The van der Waals surface area contributed by atoms with Gasteiger partial charge in [0.05, 0.1) is 23.6 Å². The van der Waals surface area contributed by atoms with Crippen LogP contribution in [0.4, 0.5) is 5.69 Å². The number of non-ortho nitro benzene ring substituents is 1. The lowest BCUT2D eigenvalue weighted by molar-refractivity contribution is -0.384. The average molecular weight is 498 g/mol. The molecule has 0 unspecified atom stereocenters. The number of aromatic amines is 1. The van der Waals surface area contributed by atoms with Gasteiger partial charge < -0.3 is 19.7 Å². The van der Waals surface area contributed by atoms with Crippen LogP contribution < -0.4 is 4.74 Å². The quantitative estimate of drug-likeness (QED) is 0.125. The number of rotatable bonds is 7. The van der Waals surface area contributed by atoms with Gasteiger partial charge in [0, 0.05) is 41.3 Å². The standard InChI is InChI=1S/C28H23N3O6/c1-37-21-11-12-23-22(15-21)19(16-29-23)13-14-30-25(17-7-9-20(10-8-17)31(35)36)24(27(33)28(30)34)26(32)18-5-3-2-4-6-18/h2-12,15-16,25,29,32H,13-14H2,1H3/t25-/m0/s1. The summed E-state index contributed by atoms with van der Waals surface area (Å²) >= 11 is 0. The molecule has 9 heteroatoms. The molecule has 0 aliphatic carbocycles. The van der Waals surface area contributed by atoms with Gasteiger partial charge >= 0.3 is 0 Å². The number of benzene rings is 3. The number of likely N-dealkylation sites (tertiary alicyclic amines) is 1. The molecule has 1 amide bonds. The number of hydrogen-bond acceptors (Lipinski definition) is 6. The van der Waals surface area contributed by atoms with Gasteiger partial charge in [-0.3, -0.25) is 19.7 Å². The van der Waals surface area contributed by atoms with Crippen LogP contribution in [0.2, 0.25) is 0 Å². The SMILES string of the molecule is COc1ccc2[nH]cc(CCN3C(=O)C(=O)C(=C(O)c4ccccc4)[C@@H]3c3ccc([N+](=O)[O-])cc3)c2c1. The Kier molecular flexibility index (Phi) is 6.19. The fourth-order valence-electron chi connectivity index (χ4n) is 4.72. The molecule has 2 heterocycles. The summed E-state index contributed by atoms with van der Waals surface area (Å²) in [5, 5.41) is 23.2. The molecule has 3 aromatic carbocycles. The number of aromatic nitrogens is 1. The zero-order valence-corrected chi connectivity index (χ0v) is 19.9. The highest BCUT2D eigenvalue weighted by Crippen LogP contribution is 2.40. The molecular formula is C28H23N3O6. The number of carbonyl (C=O) groups excluding carboxylic acids is 2. The van der Waals surface area contributed by atoms with Gasteiger partial charge in [0.2, 0.25) is 0 Å². The van der Waals surface area contributed by atoms with Gasteiger partial charge in [0.1, 0.15) is 11.5 Å². The lowest BCUT2D eigenvalue weighted by Crippen LogP contribution is -2.31. The molecule has 1 aromatic heterocycles. The molecule has 4 aromatic rings. The minimum absolute atomic E-state index is 0.0503. The summed E-state index contributed by atoms with van der Waals surface area (Å²) in [5.74, 6) is -1.13. The van der Waals surface area contributed by atoms with Crippen LogP contribution in [0, 0.1) is 10.1 Å². The van der Waals surface area contributed by atoms with E-state index in [1.165, 1.54) is 29.2 Å². The first-order valence-electron chi connectivity index (χ1n) is 11.6. The molecule has 37 heavy (non-hydrogen) atoms. The number of fused-ring (bicyclic) bond motifs is 1. The second-order valence-electron chi connectivity index (χ2n) is 8.68. The van der Waals surface area contributed by atoms with E-state index in [0.29, 0.717) is 23.3 Å². The topological polar surface area (TPSA) is 126 Å². The molecule has 5 rings (SSSR count). The third-order valence-electron chi connectivity index (χ3n) is 6.60. The Hall–Kier alpha value is -4.92. The number of aliphatic hydroxyl groups is 1. The highest BCUT2D eigenvalue weighted by molar-refractivity contribution is 6.46. The van der Waals surface area contributed by atoms with Gasteiger partial charge in [0.25, 0.3) is 17.4 Å². The van der Waals surface area contributed by atoms with Crippen molar-refractivity contribution in [2.45, 2.75) is 12.5 Å². The Labute approximate surface area is 211 Å². The van der Waals surface area contributed by atoms with Gasteiger partial charge in [0.15, 0.2) is 0 Å². The number of nitrogens with one attached hydrogen (secondary N) is 1. The van der Waals surface area contributed by atoms with Crippen molar-refractivity contribution in [1.29, 1.82) is 0 Å². The smallest absolute Gasteiger partial charge is 0.295 e. The van der Waals surface area contributed by atoms with E-state index < -0.39 is 22.7 Å². The maximum Gasteiger partial charge on any atom is 0.295 e. The summed E-state index contributed by atoms with van der Waals surface area (Å²) in [6, 6.07) is 18.9. The van der Waals surface area contributed by atoms with E-state index in [2.05, 4.69) is 4.98 Å². The van der Waals surface area contributed by atoms with Crippen molar-refractivity contribution >= 4 is 34.0 Å². The van der Waals surface area contributed by atoms with Crippen LogP contribution >= 0.6 is 0 Å². The molecule has 0 spiro atoms. The van der Waals surface area contributed by atoms with Crippen molar-refractivity contribution in [3.05, 3.63) is 111 Å². The zero-order chi connectivity index (χ0) is 26.1. The zero-order valence-electron chi connectivity index (χ0n) is 19.9. The number of carbonyl (C=O) groups is 2.